The monoisotopic (exact) mass is 256 g/mol. The molecule has 0 fully saturated rings. The minimum absolute atomic E-state index is 0.1000. The molecule has 1 aromatic carbocycles. The molecule has 0 spiro atoms. The van der Waals surface area contributed by atoms with E-state index in [-0.39, 0.29) is 17.1 Å². The Bertz CT molecular complexity index is 451. The molecule has 1 rings (SSSR count). The van der Waals surface area contributed by atoms with Crippen LogP contribution in [0.25, 0.3) is 0 Å². The minimum atomic E-state index is -3.38. The average Bonchev–Trinajstić information content (AvgIpc) is 2.35. The molecule has 0 saturated carbocycles. The summed E-state index contributed by atoms with van der Waals surface area (Å²) in [4.78, 5) is 11.4. The quantitative estimate of drug-likeness (QED) is 0.728. The van der Waals surface area contributed by atoms with Crippen molar-refractivity contribution in [3.63, 3.8) is 0 Å². The summed E-state index contributed by atoms with van der Waals surface area (Å²) in [5.74, 6) is -0.675. The Morgan fingerprint density at radius 3 is 2.47 bits per heavy atom. The smallest absolute Gasteiger partial charge is 0.306 e. The summed E-state index contributed by atoms with van der Waals surface area (Å²) in [5, 5.41) is 0. The van der Waals surface area contributed by atoms with Crippen LogP contribution in [-0.2, 0) is 19.4 Å². The van der Waals surface area contributed by atoms with Gasteiger partial charge < -0.3 is 4.74 Å². The van der Waals surface area contributed by atoms with Gasteiger partial charge in [-0.15, -0.1) is 0 Å². The molecular weight excluding hydrogens is 240 g/mol. The van der Waals surface area contributed by atoms with Crippen molar-refractivity contribution in [2.45, 2.75) is 24.7 Å². The fourth-order valence-electron chi connectivity index (χ4n) is 1.25. The lowest BCUT2D eigenvalue weighted by Gasteiger charge is -2.04. The molecule has 1 aromatic rings. The second-order valence-corrected chi connectivity index (χ2v) is 5.71. The highest BCUT2D eigenvalue weighted by Crippen LogP contribution is 2.11. The van der Waals surface area contributed by atoms with E-state index < -0.39 is 15.8 Å². The van der Waals surface area contributed by atoms with E-state index in [1.165, 1.54) is 12.1 Å². The molecule has 0 bridgehead atoms. The largest absolute Gasteiger partial charge is 0.466 e. The van der Waals surface area contributed by atoms with Crippen molar-refractivity contribution in [1.29, 1.82) is 0 Å². The first-order chi connectivity index (χ1) is 8.06. The molecule has 0 atom stereocenters. The first-order valence-corrected chi connectivity index (χ1v) is 7.15. The van der Waals surface area contributed by atoms with Crippen LogP contribution in [0.2, 0.25) is 0 Å². The van der Waals surface area contributed by atoms with Crippen molar-refractivity contribution in [3.05, 3.63) is 30.3 Å². The van der Waals surface area contributed by atoms with Gasteiger partial charge in [0.1, 0.15) is 0 Å². The number of carbonyl (C=O) groups is 1. The summed E-state index contributed by atoms with van der Waals surface area (Å²) in [6, 6.07) is 8.10. The zero-order valence-corrected chi connectivity index (χ0v) is 10.6. The van der Waals surface area contributed by atoms with Crippen LogP contribution < -0.4 is 0 Å². The van der Waals surface area contributed by atoms with Crippen molar-refractivity contribution in [2.75, 3.05) is 12.4 Å². The van der Waals surface area contributed by atoms with Crippen LogP contribution in [0.4, 0.5) is 0 Å². The molecule has 5 heteroatoms. The maximum Gasteiger partial charge on any atom is 0.306 e. The average molecular weight is 256 g/mol. The van der Waals surface area contributed by atoms with Crippen LogP contribution in [-0.4, -0.2) is 26.7 Å². The number of esters is 1. The summed E-state index contributed by atoms with van der Waals surface area (Å²) in [6.45, 7) is 2.22. The standard InChI is InChI=1S/C12H16O4S/c1-2-9-16-12(13)8-10-17(14,15)11-6-4-3-5-7-11/h3-7H,2,8-10H2,1H3. The van der Waals surface area contributed by atoms with Crippen LogP contribution >= 0.6 is 0 Å². The van der Waals surface area contributed by atoms with E-state index in [2.05, 4.69) is 0 Å². The number of benzene rings is 1. The highest BCUT2D eigenvalue weighted by atomic mass is 32.2. The highest BCUT2D eigenvalue weighted by Gasteiger charge is 2.16. The number of sulfone groups is 1. The van der Waals surface area contributed by atoms with E-state index in [4.69, 9.17) is 4.74 Å². The van der Waals surface area contributed by atoms with Gasteiger partial charge in [-0.25, -0.2) is 8.42 Å². The SMILES string of the molecule is CCCOC(=O)CCS(=O)(=O)c1ccccc1. The zero-order chi connectivity index (χ0) is 12.7. The fourth-order valence-corrected chi connectivity index (χ4v) is 2.49. The van der Waals surface area contributed by atoms with Gasteiger partial charge in [-0.2, -0.15) is 0 Å². The summed E-state index contributed by atoms with van der Waals surface area (Å²) in [7, 11) is -3.38. The first kappa shape index (κ1) is 13.7. The second kappa shape index (κ2) is 6.39. The minimum Gasteiger partial charge on any atom is -0.466 e. The Kier molecular flexibility index (Phi) is 5.15. The van der Waals surface area contributed by atoms with Gasteiger partial charge in [-0.3, -0.25) is 4.79 Å². The lowest BCUT2D eigenvalue weighted by molar-refractivity contribution is -0.143. The van der Waals surface area contributed by atoms with E-state index in [1.807, 2.05) is 6.92 Å². The molecule has 17 heavy (non-hydrogen) atoms. The Morgan fingerprint density at radius 1 is 1.24 bits per heavy atom. The number of hydrogen-bond acceptors (Lipinski definition) is 4. The third kappa shape index (κ3) is 4.56. The van der Waals surface area contributed by atoms with Crippen LogP contribution in [0.3, 0.4) is 0 Å². The van der Waals surface area contributed by atoms with E-state index >= 15 is 0 Å². The van der Waals surface area contributed by atoms with Crippen LogP contribution in [0.15, 0.2) is 35.2 Å². The number of hydrogen-bond donors (Lipinski definition) is 0. The Balaban J connectivity index is 2.54. The molecule has 0 amide bonds. The van der Waals surface area contributed by atoms with E-state index in [0.29, 0.717) is 6.61 Å². The molecule has 0 aliphatic rings. The van der Waals surface area contributed by atoms with Gasteiger partial charge >= 0.3 is 5.97 Å². The van der Waals surface area contributed by atoms with E-state index in [9.17, 15) is 13.2 Å². The van der Waals surface area contributed by atoms with Crippen molar-refractivity contribution >= 4 is 15.8 Å². The van der Waals surface area contributed by atoms with Gasteiger partial charge in [0.2, 0.25) is 0 Å². The molecule has 0 heterocycles. The van der Waals surface area contributed by atoms with Gasteiger partial charge in [0, 0.05) is 0 Å². The van der Waals surface area contributed by atoms with Gasteiger partial charge in [0.05, 0.1) is 23.7 Å². The molecule has 0 N–H and O–H groups in total. The molecule has 0 aromatic heterocycles. The topological polar surface area (TPSA) is 60.4 Å². The number of rotatable bonds is 6. The second-order valence-electron chi connectivity index (χ2n) is 3.60. The molecule has 0 unspecified atom stereocenters. The number of ether oxygens (including phenoxy) is 1. The van der Waals surface area contributed by atoms with Crippen molar-refractivity contribution in [2.24, 2.45) is 0 Å². The van der Waals surface area contributed by atoms with Crippen LogP contribution in [0.1, 0.15) is 19.8 Å². The van der Waals surface area contributed by atoms with Gasteiger partial charge in [-0.1, -0.05) is 25.1 Å². The molecule has 0 aliphatic carbocycles. The predicted molar refractivity (Wildman–Crippen MR) is 64.4 cm³/mol. The summed E-state index contributed by atoms with van der Waals surface area (Å²) in [5.41, 5.74) is 0. The summed E-state index contributed by atoms with van der Waals surface area (Å²) in [6.07, 6.45) is 0.633. The van der Waals surface area contributed by atoms with Gasteiger partial charge in [0.25, 0.3) is 0 Å². The first-order valence-electron chi connectivity index (χ1n) is 5.49. The maximum atomic E-state index is 11.8. The molecule has 4 nitrogen and oxygen atoms in total. The van der Waals surface area contributed by atoms with E-state index in [0.717, 1.165) is 6.42 Å². The summed E-state index contributed by atoms with van der Waals surface area (Å²) >= 11 is 0. The van der Waals surface area contributed by atoms with Gasteiger partial charge in [-0.05, 0) is 18.6 Å². The highest BCUT2D eigenvalue weighted by molar-refractivity contribution is 7.91. The summed E-state index contributed by atoms with van der Waals surface area (Å²) < 4.78 is 28.4. The van der Waals surface area contributed by atoms with Crippen molar-refractivity contribution in [3.8, 4) is 0 Å². The zero-order valence-electron chi connectivity index (χ0n) is 9.76. The Morgan fingerprint density at radius 2 is 1.88 bits per heavy atom. The Hall–Kier alpha value is -1.36. The van der Waals surface area contributed by atoms with Crippen molar-refractivity contribution in [1.82, 2.24) is 0 Å². The fraction of sp³-hybridized carbons (Fsp3) is 0.417. The lowest BCUT2D eigenvalue weighted by atomic mass is 10.4. The maximum absolute atomic E-state index is 11.8. The number of carbonyl (C=O) groups excluding carboxylic acids is 1. The van der Waals surface area contributed by atoms with Crippen LogP contribution in [0.5, 0.6) is 0 Å². The molecular formula is C12H16O4S. The lowest BCUT2D eigenvalue weighted by Crippen LogP contribution is -2.13. The van der Waals surface area contributed by atoms with E-state index in [1.54, 1.807) is 18.2 Å². The third-order valence-corrected chi connectivity index (χ3v) is 3.88. The molecule has 0 aliphatic heterocycles. The Labute approximate surface area is 102 Å². The molecule has 0 radical (unpaired) electrons. The van der Waals surface area contributed by atoms with Crippen LogP contribution in [0, 0.1) is 0 Å². The normalized spacial score (nSPS) is 11.1. The third-order valence-electron chi connectivity index (χ3n) is 2.14. The molecule has 94 valence electrons. The molecule has 0 saturated heterocycles. The van der Waals surface area contributed by atoms with Gasteiger partial charge in [0.15, 0.2) is 9.84 Å². The van der Waals surface area contributed by atoms with Crippen molar-refractivity contribution < 1.29 is 17.9 Å². The predicted octanol–water partition coefficient (Wildman–Crippen LogP) is 1.80.